The predicted molar refractivity (Wildman–Crippen MR) is 114 cm³/mol. The normalized spacial score (nSPS) is 24.3. The highest BCUT2D eigenvalue weighted by atomic mass is 16.1. The van der Waals surface area contributed by atoms with Gasteiger partial charge >= 0.3 is 0 Å². The number of benzene rings is 2. The first kappa shape index (κ1) is 18.3. The molecule has 2 bridgehead atoms. The zero-order chi connectivity index (χ0) is 19.6. The first-order chi connectivity index (χ1) is 14.3. The summed E-state index contributed by atoms with van der Waals surface area (Å²) < 4.78 is 1.82. The lowest BCUT2D eigenvalue weighted by Crippen LogP contribution is -2.52. The lowest BCUT2D eigenvalue weighted by Gasteiger charge is -2.48. The van der Waals surface area contributed by atoms with Gasteiger partial charge in [-0.2, -0.15) is 5.10 Å². The largest absolute Gasteiger partial charge is 0.294 e. The van der Waals surface area contributed by atoms with Gasteiger partial charge in [-0.25, -0.2) is 4.68 Å². The summed E-state index contributed by atoms with van der Waals surface area (Å²) >= 11 is 0. The van der Waals surface area contributed by atoms with Crippen LogP contribution in [0.1, 0.15) is 48.0 Å². The Hall–Kier alpha value is -2.72. The standard InChI is InChI=1S/C25H27N3O/c29-25(20-10-12-22(13-11-20)28-15-5-14-26-28)21-16-23-8-4-9-24(17-21)27(23)18-19-6-2-1-3-7-19/h1-3,5-7,10-15,21,23-24H,4,8-9,16-18H2. The van der Waals surface area contributed by atoms with E-state index in [0.29, 0.717) is 17.9 Å². The molecule has 3 aromatic rings. The Kier molecular flexibility index (Phi) is 5.03. The Morgan fingerprint density at radius 3 is 2.31 bits per heavy atom. The molecule has 29 heavy (non-hydrogen) atoms. The highest BCUT2D eigenvalue weighted by Gasteiger charge is 2.40. The van der Waals surface area contributed by atoms with Crippen molar-refractivity contribution in [2.45, 2.75) is 50.7 Å². The molecule has 2 saturated heterocycles. The maximum absolute atomic E-state index is 13.3. The first-order valence-corrected chi connectivity index (χ1v) is 10.7. The molecular formula is C25H27N3O. The van der Waals surface area contributed by atoms with Crippen molar-refractivity contribution in [2.24, 2.45) is 5.92 Å². The fraction of sp³-hybridized carbons (Fsp3) is 0.360. The zero-order valence-corrected chi connectivity index (χ0v) is 16.7. The molecule has 0 amide bonds. The van der Waals surface area contributed by atoms with E-state index in [-0.39, 0.29) is 5.92 Å². The lowest BCUT2D eigenvalue weighted by atomic mass is 9.75. The number of hydrogen-bond donors (Lipinski definition) is 0. The van der Waals surface area contributed by atoms with Crippen LogP contribution in [-0.4, -0.2) is 32.5 Å². The van der Waals surface area contributed by atoms with E-state index in [1.54, 1.807) is 6.20 Å². The van der Waals surface area contributed by atoms with Crippen molar-refractivity contribution in [3.8, 4) is 5.69 Å². The van der Waals surface area contributed by atoms with Gasteiger partial charge in [-0.15, -0.1) is 0 Å². The van der Waals surface area contributed by atoms with E-state index in [4.69, 9.17) is 0 Å². The number of nitrogens with zero attached hydrogens (tertiary/aromatic N) is 3. The second-order valence-corrected chi connectivity index (χ2v) is 8.43. The third kappa shape index (κ3) is 3.77. The number of hydrogen-bond acceptors (Lipinski definition) is 3. The number of Topliss-reactive ketones (excluding diaryl/α,β-unsaturated/α-hetero) is 1. The minimum absolute atomic E-state index is 0.146. The van der Waals surface area contributed by atoms with Crippen molar-refractivity contribution in [3.63, 3.8) is 0 Å². The number of fused-ring (bicyclic) bond motifs is 2. The van der Waals surface area contributed by atoms with E-state index in [1.807, 2.05) is 41.2 Å². The summed E-state index contributed by atoms with van der Waals surface area (Å²) in [5.41, 5.74) is 3.20. The molecule has 148 valence electrons. The molecule has 4 nitrogen and oxygen atoms in total. The Bertz CT molecular complexity index is 936. The van der Waals surface area contributed by atoms with Gasteiger partial charge in [0.05, 0.1) is 5.69 Å². The molecule has 0 aliphatic carbocycles. The third-order valence-corrected chi connectivity index (χ3v) is 6.63. The van der Waals surface area contributed by atoms with Crippen LogP contribution >= 0.6 is 0 Å². The van der Waals surface area contributed by atoms with Crippen LogP contribution in [0.2, 0.25) is 0 Å². The molecule has 4 heteroatoms. The molecule has 3 heterocycles. The minimum atomic E-state index is 0.146. The monoisotopic (exact) mass is 385 g/mol. The van der Waals surface area contributed by atoms with E-state index >= 15 is 0 Å². The fourth-order valence-electron chi connectivity index (χ4n) is 5.18. The smallest absolute Gasteiger partial charge is 0.166 e. The summed E-state index contributed by atoms with van der Waals surface area (Å²) in [6, 6.07) is 21.6. The molecule has 1 aromatic heterocycles. The number of aromatic nitrogens is 2. The van der Waals surface area contributed by atoms with Crippen LogP contribution < -0.4 is 0 Å². The van der Waals surface area contributed by atoms with Crippen molar-refractivity contribution in [2.75, 3.05) is 0 Å². The molecule has 0 saturated carbocycles. The van der Waals surface area contributed by atoms with Crippen LogP contribution in [0.5, 0.6) is 0 Å². The Morgan fingerprint density at radius 2 is 1.66 bits per heavy atom. The Balaban J connectivity index is 1.29. The van der Waals surface area contributed by atoms with Crippen molar-refractivity contribution in [3.05, 3.63) is 84.2 Å². The Morgan fingerprint density at radius 1 is 0.931 bits per heavy atom. The number of carbonyl (C=O) groups excluding carboxylic acids is 1. The topological polar surface area (TPSA) is 38.1 Å². The molecule has 2 atom stereocenters. The van der Waals surface area contributed by atoms with E-state index in [2.05, 4.69) is 40.3 Å². The summed E-state index contributed by atoms with van der Waals surface area (Å²) in [6.07, 6.45) is 9.38. The van der Waals surface area contributed by atoms with Crippen LogP contribution in [0.15, 0.2) is 73.1 Å². The molecule has 2 fully saturated rings. The number of ketones is 1. The Labute approximate surface area is 172 Å². The molecule has 2 aliphatic rings. The molecule has 5 rings (SSSR count). The summed E-state index contributed by atoms with van der Waals surface area (Å²) in [7, 11) is 0. The minimum Gasteiger partial charge on any atom is -0.294 e. The van der Waals surface area contributed by atoms with Crippen LogP contribution in [0, 0.1) is 5.92 Å². The van der Waals surface area contributed by atoms with E-state index in [0.717, 1.165) is 30.6 Å². The van der Waals surface area contributed by atoms with Gasteiger partial charge < -0.3 is 0 Å². The van der Waals surface area contributed by atoms with Crippen LogP contribution in [0.4, 0.5) is 0 Å². The summed E-state index contributed by atoms with van der Waals surface area (Å²) in [4.78, 5) is 15.9. The summed E-state index contributed by atoms with van der Waals surface area (Å²) in [5, 5.41) is 4.26. The van der Waals surface area contributed by atoms with Gasteiger partial charge in [-0.05, 0) is 61.6 Å². The molecule has 2 unspecified atom stereocenters. The van der Waals surface area contributed by atoms with Crippen LogP contribution in [-0.2, 0) is 6.54 Å². The van der Waals surface area contributed by atoms with Crippen molar-refractivity contribution in [1.29, 1.82) is 0 Å². The average molecular weight is 386 g/mol. The van der Waals surface area contributed by atoms with E-state index in [1.165, 1.54) is 24.8 Å². The SMILES string of the molecule is O=C(c1ccc(-n2cccn2)cc1)C1CC2CCCC(C1)N2Cc1ccccc1. The molecule has 0 spiro atoms. The third-order valence-electron chi connectivity index (χ3n) is 6.63. The lowest BCUT2D eigenvalue weighted by molar-refractivity contribution is 0.00906. The van der Waals surface area contributed by atoms with Crippen molar-refractivity contribution < 1.29 is 4.79 Å². The number of piperidine rings is 2. The highest BCUT2D eigenvalue weighted by molar-refractivity contribution is 5.98. The highest BCUT2D eigenvalue weighted by Crippen LogP contribution is 2.39. The molecule has 2 aliphatic heterocycles. The number of carbonyl (C=O) groups is 1. The maximum atomic E-state index is 13.3. The first-order valence-electron chi connectivity index (χ1n) is 10.7. The zero-order valence-electron chi connectivity index (χ0n) is 16.7. The van der Waals surface area contributed by atoms with Gasteiger partial charge in [0.25, 0.3) is 0 Å². The molecule has 0 radical (unpaired) electrons. The second-order valence-electron chi connectivity index (χ2n) is 8.43. The van der Waals surface area contributed by atoms with Crippen molar-refractivity contribution >= 4 is 5.78 Å². The van der Waals surface area contributed by atoms with Gasteiger partial charge in [0.15, 0.2) is 5.78 Å². The summed E-state index contributed by atoms with van der Waals surface area (Å²) in [6.45, 7) is 1.01. The summed E-state index contributed by atoms with van der Waals surface area (Å²) in [5.74, 6) is 0.459. The molecular weight excluding hydrogens is 358 g/mol. The van der Waals surface area contributed by atoms with Gasteiger partial charge in [0.2, 0.25) is 0 Å². The quantitative estimate of drug-likeness (QED) is 0.587. The van der Waals surface area contributed by atoms with Gasteiger partial charge in [0.1, 0.15) is 0 Å². The average Bonchev–Trinajstić information content (AvgIpc) is 3.29. The van der Waals surface area contributed by atoms with E-state index in [9.17, 15) is 4.79 Å². The van der Waals surface area contributed by atoms with Gasteiger partial charge in [-0.3, -0.25) is 9.69 Å². The fourth-order valence-corrected chi connectivity index (χ4v) is 5.18. The molecule has 2 aromatic carbocycles. The molecule has 0 N–H and O–H groups in total. The van der Waals surface area contributed by atoms with E-state index < -0.39 is 0 Å². The van der Waals surface area contributed by atoms with Crippen LogP contribution in [0.3, 0.4) is 0 Å². The van der Waals surface area contributed by atoms with Crippen molar-refractivity contribution in [1.82, 2.24) is 14.7 Å². The van der Waals surface area contributed by atoms with Gasteiger partial charge in [0, 0.05) is 42.5 Å². The predicted octanol–water partition coefficient (Wildman–Crippen LogP) is 4.89. The van der Waals surface area contributed by atoms with Crippen LogP contribution in [0.25, 0.3) is 5.69 Å². The number of rotatable bonds is 5. The maximum Gasteiger partial charge on any atom is 0.166 e. The second kappa shape index (κ2) is 7.96. The van der Waals surface area contributed by atoms with Gasteiger partial charge in [-0.1, -0.05) is 36.8 Å².